The molecule has 0 spiro atoms. The molecule has 0 radical (unpaired) electrons. The van der Waals surface area contributed by atoms with Gasteiger partial charge in [-0.2, -0.15) is 5.10 Å². The van der Waals surface area contributed by atoms with E-state index in [1.807, 2.05) is 0 Å². The highest BCUT2D eigenvalue weighted by molar-refractivity contribution is 5.79. The van der Waals surface area contributed by atoms with Crippen molar-refractivity contribution in [3.05, 3.63) is 17.0 Å². The molecule has 2 fully saturated rings. The third-order valence-electron chi connectivity index (χ3n) is 5.57. The van der Waals surface area contributed by atoms with Crippen molar-refractivity contribution in [2.24, 2.45) is 5.92 Å². The standard InChI is InChI=1S/C17H25N3O2/c21-17(12-4-2-1-3-5-12)20-8-6-13(10-20)16-14-11-22-9-7-15(14)18-19-16/h12-13H,1-11H2,(H,18,19). The van der Waals surface area contributed by atoms with E-state index >= 15 is 0 Å². The lowest BCUT2D eigenvalue weighted by molar-refractivity contribution is -0.135. The average Bonchev–Trinajstić information content (AvgIpc) is 3.21. The Labute approximate surface area is 131 Å². The number of carbonyl (C=O) groups excluding carboxylic acids is 1. The quantitative estimate of drug-likeness (QED) is 0.912. The summed E-state index contributed by atoms with van der Waals surface area (Å²) in [6.07, 6.45) is 7.88. The molecule has 1 aliphatic carbocycles. The van der Waals surface area contributed by atoms with Gasteiger partial charge in [0.1, 0.15) is 0 Å². The Morgan fingerprint density at radius 3 is 2.95 bits per heavy atom. The van der Waals surface area contributed by atoms with Gasteiger partial charge < -0.3 is 9.64 Å². The fraction of sp³-hybridized carbons (Fsp3) is 0.765. The molecule has 1 aromatic heterocycles. The maximum Gasteiger partial charge on any atom is 0.225 e. The van der Waals surface area contributed by atoms with Gasteiger partial charge in [0.2, 0.25) is 5.91 Å². The predicted molar refractivity (Wildman–Crippen MR) is 82.5 cm³/mol. The van der Waals surface area contributed by atoms with Crippen LogP contribution in [-0.2, 0) is 22.6 Å². The first-order valence-electron chi connectivity index (χ1n) is 8.75. The normalized spacial score (nSPS) is 26.2. The highest BCUT2D eigenvalue weighted by Gasteiger charge is 2.34. The number of ether oxygens (including phenoxy) is 1. The zero-order valence-corrected chi connectivity index (χ0v) is 13.1. The van der Waals surface area contributed by atoms with Crippen molar-refractivity contribution >= 4 is 5.91 Å². The summed E-state index contributed by atoms with van der Waals surface area (Å²) in [7, 11) is 0. The van der Waals surface area contributed by atoms with Crippen LogP contribution in [0.15, 0.2) is 0 Å². The molecule has 5 heteroatoms. The van der Waals surface area contributed by atoms with E-state index in [2.05, 4.69) is 15.1 Å². The second kappa shape index (κ2) is 6.03. The van der Waals surface area contributed by atoms with E-state index in [1.165, 1.54) is 30.5 Å². The summed E-state index contributed by atoms with van der Waals surface area (Å²) >= 11 is 0. The maximum absolute atomic E-state index is 12.7. The maximum atomic E-state index is 12.7. The molecule has 1 N–H and O–H groups in total. The number of nitrogens with one attached hydrogen (secondary N) is 1. The first kappa shape index (κ1) is 14.2. The van der Waals surface area contributed by atoms with E-state index < -0.39 is 0 Å². The van der Waals surface area contributed by atoms with Crippen molar-refractivity contribution in [1.82, 2.24) is 15.1 Å². The second-order valence-electron chi connectivity index (χ2n) is 6.97. The fourth-order valence-electron chi connectivity index (χ4n) is 4.26. The fourth-order valence-corrected chi connectivity index (χ4v) is 4.26. The van der Waals surface area contributed by atoms with Crippen molar-refractivity contribution in [2.45, 2.75) is 57.5 Å². The SMILES string of the molecule is O=C(C1CCCCC1)N1CCC(c2n[nH]c3c2COCC3)C1. The average molecular weight is 303 g/mol. The van der Waals surface area contributed by atoms with Gasteiger partial charge in [0, 0.05) is 42.6 Å². The van der Waals surface area contributed by atoms with Crippen LogP contribution in [0.4, 0.5) is 0 Å². The van der Waals surface area contributed by atoms with Crippen LogP contribution in [0.1, 0.15) is 61.4 Å². The minimum atomic E-state index is 0.281. The Morgan fingerprint density at radius 1 is 1.23 bits per heavy atom. The molecule has 3 aliphatic rings. The lowest BCUT2D eigenvalue weighted by atomic mass is 9.88. The van der Waals surface area contributed by atoms with E-state index in [9.17, 15) is 4.79 Å². The summed E-state index contributed by atoms with van der Waals surface area (Å²) in [6.45, 7) is 3.19. The van der Waals surface area contributed by atoms with Gasteiger partial charge in [-0.3, -0.25) is 9.89 Å². The summed E-state index contributed by atoms with van der Waals surface area (Å²) in [5.41, 5.74) is 3.63. The monoisotopic (exact) mass is 303 g/mol. The van der Waals surface area contributed by atoms with Crippen molar-refractivity contribution in [3.63, 3.8) is 0 Å². The van der Waals surface area contributed by atoms with Crippen molar-refractivity contribution in [3.8, 4) is 0 Å². The van der Waals surface area contributed by atoms with Crippen LogP contribution < -0.4 is 0 Å². The van der Waals surface area contributed by atoms with E-state index in [1.54, 1.807) is 0 Å². The van der Waals surface area contributed by atoms with Crippen LogP contribution in [0.5, 0.6) is 0 Å². The number of aromatic nitrogens is 2. The van der Waals surface area contributed by atoms with Crippen LogP contribution in [0.25, 0.3) is 0 Å². The van der Waals surface area contributed by atoms with Gasteiger partial charge in [0.25, 0.3) is 0 Å². The van der Waals surface area contributed by atoms with E-state index in [0.717, 1.165) is 51.1 Å². The number of hydrogen-bond acceptors (Lipinski definition) is 3. The molecule has 5 nitrogen and oxygen atoms in total. The first-order chi connectivity index (χ1) is 10.8. The second-order valence-corrected chi connectivity index (χ2v) is 6.97. The number of nitrogens with zero attached hydrogens (tertiary/aromatic N) is 2. The smallest absolute Gasteiger partial charge is 0.225 e. The number of carbonyl (C=O) groups is 1. The van der Waals surface area contributed by atoms with Crippen molar-refractivity contribution in [2.75, 3.05) is 19.7 Å². The Morgan fingerprint density at radius 2 is 2.09 bits per heavy atom. The summed E-state index contributed by atoms with van der Waals surface area (Å²) in [4.78, 5) is 14.8. The van der Waals surface area contributed by atoms with Crippen molar-refractivity contribution in [1.29, 1.82) is 0 Å². The summed E-state index contributed by atoms with van der Waals surface area (Å²) in [5, 5.41) is 7.72. The number of likely N-dealkylation sites (tertiary alicyclic amines) is 1. The molecule has 2 aliphatic heterocycles. The van der Waals surface area contributed by atoms with Gasteiger partial charge in [-0.15, -0.1) is 0 Å². The van der Waals surface area contributed by atoms with E-state index in [0.29, 0.717) is 18.4 Å². The van der Waals surface area contributed by atoms with Gasteiger partial charge in [0.15, 0.2) is 0 Å². The zero-order valence-electron chi connectivity index (χ0n) is 13.1. The highest BCUT2D eigenvalue weighted by Crippen LogP contribution is 2.33. The van der Waals surface area contributed by atoms with Crippen LogP contribution in [-0.4, -0.2) is 40.7 Å². The summed E-state index contributed by atoms with van der Waals surface area (Å²) in [5.74, 6) is 1.06. The molecular formula is C17H25N3O2. The number of fused-ring (bicyclic) bond motifs is 1. The number of amides is 1. The molecular weight excluding hydrogens is 278 g/mol. The largest absolute Gasteiger partial charge is 0.376 e. The van der Waals surface area contributed by atoms with Gasteiger partial charge in [0.05, 0.1) is 18.9 Å². The molecule has 1 aromatic rings. The van der Waals surface area contributed by atoms with Gasteiger partial charge in [-0.1, -0.05) is 19.3 Å². The Kier molecular flexibility index (Phi) is 3.90. The third-order valence-corrected chi connectivity index (χ3v) is 5.57. The van der Waals surface area contributed by atoms with Crippen molar-refractivity contribution < 1.29 is 9.53 Å². The topological polar surface area (TPSA) is 58.2 Å². The molecule has 1 atom stereocenters. The van der Waals surface area contributed by atoms with Gasteiger partial charge in [-0.25, -0.2) is 0 Å². The molecule has 22 heavy (non-hydrogen) atoms. The first-order valence-corrected chi connectivity index (χ1v) is 8.75. The molecule has 1 saturated heterocycles. The van der Waals surface area contributed by atoms with E-state index in [4.69, 9.17) is 4.74 Å². The Hall–Kier alpha value is -1.36. The molecule has 1 unspecified atom stereocenters. The van der Waals surface area contributed by atoms with E-state index in [-0.39, 0.29) is 5.92 Å². The number of rotatable bonds is 2. The zero-order chi connectivity index (χ0) is 14.9. The molecule has 4 rings (SSSR count). The van der Waals surface area contributed by atoms with Gasteiger partial charge >= 0.3 is 0 Å². The lowest BCUT2D eigenvalue weighted by Gasteiger charge is -2.26. The molecule has 3 heterocycles. The van der Waals surface area contributed by atoms with Crippen LogP contribution in [0.2, 0.25) is 0 Å². The number of aromatic amines is 1. The van der Waals surface area contributed by atoms with Crippen LogP contribution in [0.3, 0.4) is 0 Å². The Balaban J connectivity index is 1.44. The lowest BCUT2D eigenvalue weighted by Crippen LogP contribution is -2.35. The van der Waals surface area contributed by atoms with Gasteiger partial charge in [-0.05, 0) is 19.3 Å². The highest BCUT2D eigenvalue weighted by atomic mass is 16.5. The minimum absolute atomic E-state index is 0.281. The minimum Gasteiger partial charge on any atom is -0.376 e. The summed E-state index contributed by atoms with van der Waals surface area (Å²) in [6, 6.07) is 0. The predicted octanol–water partition coefficient (Wildman–Crippen LogP) is 2.38. The third kappa shape index (κ3) is 2.56. The molecule has 120 valence electrons. The van der Waals surface area contributed by atoms with Crippen LogP contribution in [0, 0.1) is 5.92 Å². The Bertz CT molecular complexity index is 548. The number of H-pyrrole nitrogens is 1. The molecule has 1 saturated carbocycles. The summed E-state index contributed by atoms with van der Waals surface area (Å²) < 4.78 is 5.58. The molecule has 0 aromatic carbocycles. The molecule has 0 bridgehead atoms. The number of hydrogen-bond donors (Lipinski definition) is 1. The van der Waals surface area contributed by atoms with Crippen LogP contribution >= 0.6 is 0 Å². The molecule has 1 amide bonds.